The van der Waals surface area contributed by atoms with Crippen molar-refractivity contribution < 1.29 is 23.8 Å². The molecule has 0 fully saturated rings. The second-order valence-corrected chi connectivity index (χ2v) is 6.90. The second kappa shape index (κ2) is 11.4. The Balaban J connectivity index is 1.53. The molecular weight excluding hydrogens is 394 g/mol. The predicted molar refractivity (Wildman–Crippen MR) is 116 cm³/mol. The first-order chi connectivity index (χ1) is 15.1. The Kier molecular flexibility index (Phi) is 8.05. The van der Waals surface area contributed by atoms with Crippen LogP contribution in [0.25, 0.3) is 0 Å². The maximum absolute atomic E-state index is 12.2. The molecule has 0 aliphatic carbocycles. The normalized spacial score (nSPS) is 11.3. The zero-order valence-electron chi connectivity index (χ0n) is 17.3. The first-order valence-corrected chi connectivity index (χ1v) is 9.95. The molecule has 0 aliphatic rings. The molecule has 0 unspecified atom stereocenters. The number of esters is 1. The molecular formula is C25H25NO5. The standard InChI is InChI=1S/C25H25NO5/c1-29-24(27)23(26-25(28)31-18-21-10-6-3-7-11-21)16-19-12-14-22(15-13-19)30-17-20-8-4-2-5-9-20/h2-15,23H,16-18H2,1H3,(H,26,28)/t23-/m1/s1. The number of carbonyl (C=O) groups excluding carboxylic acids is 2. The molecule has 0 saturated carbocycles. The average Bonchev–Trinajstić information content (AvgIpc) is 2.82. The number of hydrogen-bond acceptors (Lipinski definition) is 5. The summed E-state index contributed by atoms with van der Waals surface area (Å²) in [5, 5.41) is 2.58. The summed E-state index contributed by atoms with van der Waals surface area (Å²) in [5.41, 5.74) is 2.79. The summed E-state index contributed by atoms with van der Waals surface area (Å²) in [6.45, 7) is 0.591. The average molecular weight is 419 g/mol. The fraction of sp³-hybridized carbons (Fsp3) is 0.200. The molecule has 1 atom stereocenters. The summed E-state index contributed by atoms with van der Waals surface area (Å²) >= 11 is 0. The maximum Gasteiger partial charge on any atom is 0.408 e. The van der Waals surface area contributed by atoms with E-state index in [1.807, 2.05) is 84.9 Å². The third kappa shape index (κ3) is 7.19. The van der Waals surface area contributed by atoms with Crippen LogP contribution in [0.1, 0.15) is 16.7 Å². The van der Waals surface area contributed by atoms with Crippen LogP contribution >= 0.6 is 0 Å². The number of amides is 1. The van der Waals surface area contributed by atoms with Gasteiger partial charge >= 0.3 is 12.1 Å². The van der Waals surface area contributed by atoms with Crippen molar-refractivity contribution in [3.8, 4) is 5.75 Å². The fourth-order valence-corrected chi connectivity index (χ4v) is 2.94. The number of rotatable bonds is 9. The highest BCUT2D eigenvalue weighted by Gasteiger charge is 2.22. The highest BCUT2D eigenvalue weighted by atomic mass is 16.6. The molecule has 31 heavy (non-hydrogen) atoms. The molecule has 0 spiro atoms. The lowest BCUT2D eigenvalue weighted by Gasteiger charge is -2.17. The summed E-state index contributed by atoms with van der Waals surface area (Å²) in [6.07, 6.45) is -0.409. The smallest absolute Gasteiger partial charge is 0.408 e. The molecule has 0 saturated heterocycles. The largest absolute Gasteiger partial charge is 0.489 e. The van der Waals surface area contributed by atoms with Gasteiger partial charge in [-0.2, -0.15) is 0 Å². The molecule has 0 radical (unpaired) electrons. The minimum absolute atomic E-state index is 0.119. The molecule has 0 heterocycles. The Hall–Kier alpha value is -3.80. The van der Waals surface area contributed by atoms with Gasteiger partial charge in [-0.3, -0.25) is 0 Å². The van der Waals surface area contributed by atoms with Gasteiger partial charge < -0.3 is 19.5 Å². The lowest BCUT2D eigenvalue weighted by molar-refractivity contribution is -0.143. The third-order valence-electron chi connectivity index (χ3n) is 4.60. The van der Waals surface area contributed by atoms with E-state index < -0.39 is 18.1 Å². The molecule has 160 valence electrons. The zero-order chi connectivity index (χ0) is 21.9. The predicted octanol–water partition coefficient (Wildman–Crippen LogP) is 4.28. The van der Waals surface area contributed by atoms with Crippen molar-refractivity contribution in [3.63, 3.8) is 0 Å². The Bertz CT molecular complexity index is 958. The second-order valence-electron chi connectivity index (χ2n) is 6.90. The third-order valence-corrected chi connectivity index (χ3v) is 4.60. The van der Waals surface area contributed by atoms with Gasteiger partial charge in [0.15, 0.2) is 0 Å². The van der Waals surface area contributed by atoms with Gasteiger partial charge in [0.05, 0.1) is 7.11 Å². The van der Waals surface area contributed by atoms with Crippen molar-refractivity contribution in [2.45, 2.75) is 25.7 Å². The number of alkyl carbamates (subject to hydrolysis) is 1. The monoisotopic (exact) mass is 419 g/mol. The molecule has 1 N–H and O–H groups in total. The lowest BCUT2D eigenvalue weighted by atomic mass is 10.1. The van der Waals surface area contributed by atoms with Crippen LogP contribution < -0.4 is 10.1 Å². The van der Waals surface area contributed by atoms with Crippen LogP contribution in [-0.4, -0.2) is 25.2 Å². The lowest BCUT2D eigenvalue weighted by Crippen LogP contribution is -2.43. The molecule has 3 aromatic carbocycles. The topological polar surface area (TPSA) is 73.9 Å². The van der Waals surface area contributed by atoms with Gasteiger partial charge in [0.25, 0.3) is 0 Å². The van der Waals surface area contributed by atoms with E-state index in [1.54, 1.807) is 0 Å². The van der Waals surface area contributed by atoms with Gasteiger partial charge in [0.1, 0.15) is 25.0 Å². The molecule has 6 nitrogen and oxygen atoms in total. The van der Waals surface area contributed by atoms with E-state index in [-0.39, 0.29) is 13.0 Å². The Morgan fingerprint density at radius 2 is 1.35 bits per heavy atom. The SMILES string of the molecule is COC(=O)[C@@H](Cc1ccc(OCc2ccccc2)cc1)NC(=O)OCc1ccccc1. The molecule has 6 heteroatoms. The van der Waals surface area contributed by atoms with Crippen molar-refractivity contribution in [2.24, 2.45) is 0 Å². The summed E-state index contributed by atoms with van der Waals surface area (Å²) in [4.78, 5) is 24.3. The highest BCUT2D eigenvalue weighted by Crippen LogP contribution is 2.16. The number of methoxy groups -OCH3 is 1. The molecule has 0 aliphatic heterocycles. The van der Waals surface area contributed by atoms with Gasteiger partial charge in [0, 0.05) is 6.42 Å². The Morgan fingerprint density at radius 3 is 1.94 bits per heavy atom. The summed E-state index contributed by atoms with van der Waals surface area (Å²) < 4.78 is 15.8. The van der Waals surface area contributed by atoms with Crippen molar-refractivity contribution >= 4 is 12.1 Å². The van der Waals surface area contributed by atoms with Crippen LogP contribution in [0.4, 0.5) is 4.79 Å². The van der Waals surface area contributed by atoms with Crippen molar-refractivity contribution in [3.05, 3.63) is 102 Å². The highest BCUT2D eigenvalue weighted by molar-refractivity contribution is 5.81. The van der Waals surface area contributed by atoms with Crippen LogP contribution in [-0.2, 0) is 33.9 Å². The van der Waals surface area contributed by atoms with E-state index >= 15 is 0 Å². The van der Waals surface area contributed by atoms with E-state index in [4.69, 9.17) is 14.2 Å². The van der Waals surface area contributed by atoms with Gasteiger partial charge in [-0.15, -0.1) is 0 Å². The fourth-order valence-electron chi connectivity index (χ4n) is 2.94. The first kappa shape index (κ1) is 21.9. The van der Waals surface area contributed by atoms with Crippen LogP contribution in [0.3, 0.4) is 0 Å². The van der Waals surface area contributed by atoms with Gasteiger partial charge in [-0.25, -0.2) is 9.59 Å². The molecule has 3 rings (SSSR count). The quantitative estimate of drug-likeness (QED) is 0.524. The number of hydrogen-bond donors (Lipinski definition) is 1. The molecule has 0 bridgehead atoms. The summed E-state index contributed by atoms with van der Waals surface area (Å²) in [7, 11) is 1.28. The van der Waals surface area contributed by atoms with Crippen LogP contribution in [0.5, 0.6) is 5.75 Å². The maximum atomic E-state index is 12.2. The minimum Gasteiger partial charge on any atom is -0.489 e. The van der Waals surface area contributed by atoms with E-state index in [9.17, 15) is 9.59 Å². The Morgan fingerprint density at radius 1 is 0.774 bits per heavy atom. The van der Waals surface area contributed by atoms with E-state index in [2.05, 4.69) is 5.32 Å². The molecule has 3 aromatic rings. The van der Waals surface area contributed by atoms with Gasteiger partial charge in [0.2, 0.25) is 0 Å². The van der Waals surface area contributed by atoms with E-state index in [0.717, 1.165) is 22.4 Å². The summed E-state index contributed by atoms with van der Waals surface area (Å²) in [5.74, 6) is 0.179. The summed E-state index contributed by atoms with van der Waals surface area (Å²) in [6, 6.07) is 25.7. The van der Waals surface area contributed by atoms with Gasteiger partial charge in [-0.05, 0) is 28.8 Å². The van der Waals surface area contributed by atoms with Crippen LogP contribution in [0, 0.1) is 0 Å². The van der Waals surface area contributed by atoms with Crippen LogP contribution in [0.2, 0.25) is 0 Å². The number of benzene rings is 3. The number of nitrogens with one attached hydrogen (secondary N) is 1. The molecule has 0 aromatic heterocycles. The van der Waals surface area contributed by atoms with Crippen molar-refractivity contribution in [1.82, 2.24) is 5.32 Å². The number of carbonyl (C=O) groups is 2. The first-order valence-electron chi connectivity index (χ1n) is 9.95. The van der Waals surface area contributed by atoms with Crippen molar-refractivity contribution in [2.75, 3.05) is 7.11 Å². The van der Waals surface area contributed by atoms with E-state index in [0.29, 0.717) is 6.61 Å². The zero-order valence-corrected chi connectivity index (χ0v) is 17.3. The van der Waals surface area contributed by atoms with E-state index in [1.165, 1.54) is 7.11 Å². The van der Waals surface area contributed by atoms with Crippen LogP contribution in [0.15, 0.2) is 84.9 Å². The van der Waals surface area contributed by atoms with Gasteiger partial charge in [-0.1, -0.05) is 72.8 Å². The molecule has 1 amide bonds. The number of ether oxygens (including phenoxy) is 3. The van der Waals surface area contributed by atoms with Crippen molar-refractivity contribution in [1.29, 1.82) is 0 Å². The Labute approximate surface area is 181 Å². The minimum atomic E-state index is -0.857.